The van der Waals surface area contributed by atoms with Gasteiger partial charge in [-0.15, -0.1) is 0 Å². The third-order valence-corrected chi connectivity index (χ3v) is 8.85. The lowest BCUT2D eigenvalue weighted by atomic mass is 9.52. The highest BCUT2D eigenvalue weighted by molar-refractivity contribution is 5.83. The van der Waals surface area contributed by atoms with Gasteiger partial charge in [-0.05, 0) is 82.9 Å². The van der Waals surface area contributed by atoms with Crippen molar-refractivity contribution >= 4 is 11.8 Å². The van der Waals surface area contributed by atoms with Crippen molar-refractivity contribution in [2.45, 2.75) is 102 Å². The first-order valence-electron chi connectivity index (χ1n) is 13.8. The molecule has 1 aromatic carbocycles. The number of esters is 1. The van der Waals surface area contributed by atoms with Crippen LogP contribution in [0.15, 0.2) is 24.3 Å². The SMILES string of the molecule is C/C=C\CCCC(=O)Oc1ccc(CC)c(C23CCN(CC4CC4)C(C)C2(O)CCC(=O)C3)c1OC. The number of unbranched alkanes of at least 4 members (excludes halogenated alkanes) is 1. The molecule has 1 heterocycles. The van der Waals surface area contributed by atoms with Crippen molar-refractivity contribution in [3.05, 3.63) is 35.4 Å². The number of ketones is 1. The molecule has 0 amide bonds. The standard InChI is InChI=1S/C30H43NO5/c1-5-7-8-9-10-26(33)36-25-14-13-23(6-2)27(28(25)35-4)29-17-18-31(20-22-11-12-22)21(3)30(29,34)16-15-24(32)19-29/h5,7,13-14,21-22,34H,6,8-12,15-20H2,1-4H3/b7-5-. The van der Waals surface area contributed by atoms with Gasteiger partial charge in [-0.2, -0.15) is 0 Å². The molecular formula is C30H43NO5. The fourth-order valence-corrected chi connectivity index (χ4v) is 6.61. The Morgan fingerprint density at radius 2 is 2.06 bits per heavy atom. The second-order valence-electron chi connectivity index (χ2n) is 11.0. The first kappa shape index (κ1) is 26.9. The van der Waals surface area contributed by atoms with Gasteiger partial charge in [-0.25, -0.2) is 0 Å². The lowest BCUT2D eigenvalue weighted by Gasteiger charge is -2.60. The number of aliphatic hydroxyl groups is 1. The number of allylic oxidation sites excluding steroid dienone is 2. The van der Waals surface area contributed by atoms with Crippen molar-refractivity contribution in [2.75, 3.05) is 20.2 Å². The van der Waals surface area contributed by atoms with E-state index in [-0.39, 0.29) is 24.2 Å². The van der Waals surface area contributed by atoms with E-state index in [0.29, 0.717) is 37.2 Å². The molecule has 2 aliphatic carbocycles. The van der Waals surface area contributed by atoms with Crippen molar-refractivity contribution < 1.29 is 24.2 Å². The van der Waals surface area contributed by atoms with E-state index in [1.165, 1.54) is 12.8 Å². The Balaban J connectivity index is 1.74. The Morgan fingerprint density at radius 3 is 2.72 bits per heavy atom. The van der Waals surface area contributed by atoms with Crippen molar-refractivity contribution in [3.8, 4) is 11.5 Å². The van der Waals surface area contributed by atoms with Crippen LogP contribution in [0.2, 0.25) is 0 Å². The number of piperidine rings is 1. The minimum absolute atomic E-state index is 0.0767. The zero-order valence-corrected chi connectivity index (χ0v) is 22.5. The summed E-state index contributed by atoms with van der Waals surface area (Å²) < 4.78 is 11.8. The maximum atomic E-state index is 13.0. The summed E-state index contributed by atoms with van der Waals surface area (Å²) >= 11 is 0. The highest BCUT2D eigenvalue weighted by atomic mass is 16.6. The lowest BCUT2D eigenvalue weighted by Crippen LogP contribution is -2.70. The van der Waals surface area contributed by atoms with Crippen LogP contribution in [0.1, 0.15) is 89.7 Å². The van der Waals surface area contributed by atoms with Gasteiger partial charge < -0.3 is 14.6 Å². The third kappa shape index (κ3) is 4.99. The van der Waals surface area contributed by atoms with E-state index < -0.39 is 11.0 Å². The predicted octanol–water partition coefficient (Wildman–Crippen LogP) is 5.14. The van der Waals surface area contributed by atoms with E-state index in [1.807, 2.05) is 25.1 Å². The fourth-order valence-electron chi connectivity index (χ4n) is 6.61. The van der Waals surface area contributed by atoms with Gasteiger partial charge in [0, 0.05) is 42.8 Å². The number of nitrogens with zero attached hydrogens (tertiary/aromatic N) is 1. The van der Waals surface area contributed by atoms with Crippen LogP contribution >= 0.6 is 0 Å². The van der Waals surface area contributed by atoms with Crippen LogP contribution < -0.4 is 9.47 Å². The summed E-state index contributed by atoms with van der Waals surface area (Å²) in [4.78, 5) is 28.1. The minimum atomic E-state index is -1.07. The number of likely N-dealkylation sites (tertiary alicyclic amines) is 1. The Hall–Kier alpha value is -2.18. The number of benzene rings is 1. The first-order valence-corrected chi connectivity index (χ1v) is 13.8. The van der Waals surface area contributed by atoms with E-state index in [2.05, 4.69) is 18.7 Å². The van der Waals surface area contributed by atoms with Gasteiger partial charge in [0.1, 0.15) is 5.78 Å². The molecule has 1 aliphatic heterocycles. The van der Waals surface area contributed by atoms with Gasteiger partial charge >= 0.3 is 5.97 Å². The molecule has 198 valence electrons. The predicted molar refractivity (Wildman–Crippen MR) is 141 cm³/mol. The molecule has 0 bridgehead atoms. The Kier molecular flexibility index (Phi) is 8.25. The second-order valence-corrected chi connectivity index (χ2v) is 11.0. The monoisotopic (exact) mass is 497 g/mol. The second kappa shape index (κ2) is 11.1. The summed E-state index contributed by atoms with van der Waals surface area (Å²) in [5, 5.41) is 12.5. The van der Waals surface area contributed by atoms with E-state index in [0.717, 1.165) is 49.4 Å². The normalized spacial score (nSPS) is 28.8. The van der Waals surface area contributed by atoms with Crippen LogP contribution in [0.4, 0.5) is 0 Å². The largest absolute Gasteiger partial charge is 0.493 e. The molecule has 0 spiro atoms. The molecule has 1 saturated heterocycles. The molecule has 3 aliphatic rings. The number of rotatable bonds is 10. The summed E-state index contributed by atoms with van der Waals surface area (Å²) in [7, 11) is 1.59. The van der Waals surface area contributed by atoms with E-state index in [9.17, 15) is 14.7 Å². The fraction of sp³-hybridized carbons (Fsp3) is 0.667. The molecule has 6 heteroatoms. The maximum absolute atomic E-state index is 13.0. The summed E-state index contributed by atoms with van der Waals surface area (Å²) in [6.07, 6.45) is 10.9. The number of methoxy groups -OCH3 is 1. The number of carbonyl (C=O) groups is 2. The molecule has 0 radical (unpaired) electrons. The quantitative estimate of drug-likeness (QED) is 0.209. The summed E-state index contributed by atoms with van der Waals surface area (Å²) in [5.74, 6) is 1.48. The van der Waals surface area contributed by atoms with Crippen LogP contribution in [-0.4, -0.2) is 53.6 Å². The smallest absolute Gasteiger partial charge is 0.311 e. The summed E-state index contributed by atoms with van der Waals surface area (Å²) in [6.45, 7) is 8.01. The maximum Gasteiger partial charge on any atom is 0.311 e. The Bertz CT molecular complexity index is 999. The van der Waals surface area contributed by atoms with Crippen LogP contribution in [0.3, 0.4) is 0 Å². The number of aryl methyl sites for hydroxylation is 1. The number of hydrogen-bond acceptors (Lipinski definition) is 6. The molecule has 3 unspecified atom stereocenters. The summed E-state index contributed by atoms with van der Waals surface area (Å²) in [5.41, 5.74) is 0.0589. The number of hydrogen-bond donors (Lipinski definition) is 1. The molecule has 3 atom stereocenters. The molecule has 2 saturated carbocycles. The Labute approximate surface area is 216 Å². The van der Waals surface area contributed by atoms with Crippen molar-refractivity contribution in [2.24, 2.45) is 5.92 Å². The number of ether oxygens (including phenoxy) is 2. The number of fused-ring (bicyclic) bond motifs is 1. The molecule has 4 rings (SSSR count). The van der Waals surface area contributed by atoms with Crippen molar-refractivity contribution in [1.29, 1.82) is 0 Å². The highest BCUT2D eigenvalue weighted by Crippen LogP contribution is 2.57. The molecule has 1 N–H and O–H groups in total. The van der Waals surface area contributed by atoms with Gasteiger partial charge in [0.25, 0.3) is 0 Å². The molecule has 3 fully saturated rings. The van der Waals surface area contributed by atoms with Crippen LogP contribution in [-0.2, 0) is 21.4 Å². The molecule has 0 aromatic heterocycles. The minimum Gasteiger partial charge on any atom is -0.493 e. The van der Waals surface area contributed by atoms with Crippen molar-refractivity contribution in [3.63, 3.8) is 0 Å². The topological polar surface area (TPSA) is 76.1 Å². The number of carbonyl (C=O) groups excluding carboxylic acids is 2. The van der Waals surface area contributed by atoms with Gasteiger partial charge in [0.15, 0.2) is 11.5 Å². The highest BCUT2D eigenvalue weighted by Gasteiger charge is 2.62. The van der Waals surface area contributed by atoms with E-state index in [4.69, 9.17) is 9.47 Å². The lowest BCUT2D eigenvalue weighted by molar-refractivity contribution is -0.165. The third-order valence-electron chi connectivity index (χ3n) is 8.85. The molecule has 36 heavy (non-hydrogen) atoms. The zero-order valence-electron chi connectivity index (χ0n) is 22.5. The Morgan fingerprint density at radius 1 is 1.28 bits per heavy atom. The average molecular weight is 498 g/mol. The van der Waals surface area contributed by atoms with E-state index in [1.54, 1.807) is 13.2 Å². The van der Waals surface area contributed by atoms with Gasteiger partial charge in [-0.1, -0.05) is 25.1 Å². The molecular weight excluding hydrogens is 454 g/mol. The van der Waals surface area contributed by atoms with Gasteiger partial charge in [0.2, 0.25) is 0 Å². The van der Waals surface area contributed by atoms with Gasteiger partial charge in [0.05, 0.1) is 12.7 Å². The zero-order chi connectivity index (χ0) is 25.9. The van der Waals surface area contributed by atoms with Crippen molar-refractivity contribution in [1.82, 2.24) is 4.90 Å². The molecule has 1 aromatic rings. The van der Waals surface area contributed by atoms with E-state index >= 15 is 0 Å². The average Bonchev–Trinajstić information content (AvgIpc) is 3.69. The van der Waals surface area contributed by atoms with Crippen LogP contribution in [0, 0.1) is 5.92 Å². The number of Topliss-reactive ketones (excluding diaryl/α,β-unsaturated/α-hetero) is 1. The van der Waals surface area contributed by atoms with Crippen LogP contribution in [0.5, 0.6) is 11.5 Å². The summed E-state index contributed by atoms with van der Waals surface area (Å²) in [6, 6.07) is 3.71. The molecule has 6 nitrogen and oxygen atoms in total. The van der Waals surface area contributed by atoms with Gasteiger partial charge in [-0.3, -0.25) is 14.5 Å². The van der Waals surface area contributed by atoms with Crippen LogP contribution in [0.25, 0.3) is 0 Å². The first-order chi connectivity index (χ1) is 17.3.